The van der Waals surface area contributed by atoms with Gasteiger partial charge in [-0.25, -0.2) is 0 Å². The fourth-order valence-electron chi connectivity index (χ4n) is 5.22. The van der Waals surface area contributed by atoms with Crippen LogP contribution in [0.4, 0.5) is 0 Å². The summed E-state index contributed by atoms with van der Waals surface area (Å²) >= 11 is 0. The van der Waals surface area contributed by atoms with Crippen molar-refractivity contribution in [3.63, 3.8) is 0 Å². The quantitative estimate of drug-likeness (QED) is 0.233. The molecule has 4 nitrogen and oxygen atoms in total. The average molecular weight is 629 g/mol. The smallest absolute Gasteiger partial charge is 0.0403 e. The maximum absolute atomic E-state index is 4.37. The molecule has 1 saturated heterocycles. The normalized spacial score (nSPS) is 18.0. The molecule has 1 fully saturated rings. The molecule has 2 heterocycles. The molecule has 0 aliphatic carbocycles. The van der Waals surface area contributed by atoms with Crippen LogP contribution in [-0.2, 0) is 13.1 Å². The second kappa shape index (κ2) is 24.2. The lowest BCUT2D eigenvalue weighted by atomic mass is 9.98. The number of hydrogen-bond acceptors (Lipinski definition) is 4. The van der Waals surface area contributed by atoms with Crippen LogP contribution in [0.1, 0.15) is 116 Å². The molecule has 0 radical (unpaired) electrons. The number of rotatable bonds is 8. The van der Waals surface area contributed by atoms with Gasteiger partial charge < -0.3 is 5.32 Å². The van der Waals surface area contributed by atoms with Gasteiger partial charge in [-0.1, -0.05) is 88.9 Å². The molecule has 1 N–H and O–H groups in total. The highest BCUT2D eigenvalue weighted by atomic mass is 15.1. The monoisotopic (exact) mass is 629 g/mol. The van der Waals surface area contributed by atoms with Gasteiger partial charge in [0.25, 0.3) is 0 Å². The van der Waals surface area contributed by atoms with Gasteiger partial charge in [0, 0.05) is 43.1 Å². The molecule has 2 aromatic carbocycles. The van der Waals surface area contributed by atoms with E-state index in [-0.39, 0.29) is 0 Å². The Morgan fingerprint density at radius 1 is 1.07 bits per heavy atom. The zero-order valence-corrected chi connectivity index (χ0v) is 31.7. The Morgan fingerprint density at radius 2 is 1.70 bits per heavy atom. The van der Waals surface area contributed by atoms with Gasteiger partial charge in [0.15, 0.2) is 0 Å². The van der Waals surface area contributed by atoms with E-state index in [1.54, 1.807) is 6.08 Å². The SMILES string of the molecule is C=CC.C=CC1CCCN1.C=Cc1ccccc1CN(C)C(C)C(C)C.CC.CC=N/C(C)=C(\C)c1ccc2c(c1)C(C)N(C)C2. The van der Waals surface area contributed by atoms with E-state index in [1.165, 1.54) is 52.8 Å². The minimum Gasteiger partial charge on any atom is -0.311 e. The van der Waals surface area contributed by atoms with Gasteiger partial charge in [-0.3, -0.25) is 14.8 Å². The van der Waals surface area contributed by atoms with Crippen molar-refractivity contribution in [2.24, 2.45) is 10.9 Å². The molecule has 256 valence electrons. The van der Waals surface area contributed by atoms with Gasteiger partial charge in [0.05, 0.1) is 0 Å². The highest BCUT2D eigenvalue weighted by Crippen LogP contribution is 2.34. The standard InChI is InChI=1S/C16H22N2.C15H23N.C6H11N.C3H6.C2H6/c1-6-17-12(3)11(2)14-7-8-15-10-18(5)13(4)16(15)9-14;1-6-14-9-7-8-10-15(14)11-16(5)13(4)12(2)3;1-2-6-4-3-5-7-6;1-3-2;1-2/h6-9,13H,10H2,1-5H3;6-10,12-13H,1,11H2,2-5H3;2,6-7H,1,3-5H2;3H,1H2,2H3;1-2H3/b12-11+,17-6?;;;;. The molecule has 4 heteroatoms. The largest absolute Gasteiger partial charge is 0.311 e. The first-order valence-corrected chi connectivity index (χ1v) is 17.3. The summed E-state index contributed by atoms with van der Waals surface area (Å²) in [6, 6.07) is 17.0. The maximum Gasteiger partial charge on any atom is 0.0403 e. The van der Waals surface area contributed by atoms with Crippen LogP contribution in [0.2, 0.25) is 0 Å². The van der Waals surface area contributed by atoms with Crippen LogP contribution in [0.3, 0.4) is 0 Å². The summed E-state index contributed by atoms with van der Waals surface area (Å²) in [5.41, 5.74) is 9.16. The fourth-order valence-corrected chi connectivity index (χ4v) is 5.22. The van der Waals surface area contributed by atoms with Gasteiger partial charge in [-0.15, -0.1) is 13.2 Å². The Balaban J connectivity index is 0.000000657. The lowest BCUT2D eigenvalue weighted by Crippen LogP contribution is -2.32. The number of hydrogen-bond donors (Lipinski definition) is 1. The minimum atomic E-state index is 0.516. The Bertz CT molecular complexity index is 1220. The van der Waals surface area contributed by atoms with E-state index >= 15 is 0 Å². The highest BCUT2D eigenvalue weighted by Gasteiger charge is 2.23. The molecule has 0 saturated carbocycles. The van der Waals surface area contributed by atoms with Crippen molar-refractivity contribution in [2.75, 3.05) is 20.6 Å². The van der Waals surface area contributed by atoms with E-state index in [0.717, 1.165) is 18.8 Å². The van der Waals surface area contributed by atoms with Gasteiger partial charge in [0.2, 0.25) is 0 Å². The number of allylic oxidation sites excluding steroid dienone is 3. The second-order valence-corrected chi connectivity index (χ2v) is 12.3. The van der Waals surface area contributed by atoms with Crippen molar-refractivity contribution in [1.82, 2.24) is 15.1 Å². The van der Waals surface area contributed by atoms with Crippen LogP contribution >= 0.6 is 0 Å². The van der Waals surface area contributed by atoms with Gasteiger partial charge in [0.1, 0.15) is 0 Å². The first-order valence-electron chi connectivity index (χ1n) is 17.3. The topological polar surface area (TPSA) is 30.9 Å². The average Bonchev–Trinajstić information content (AvgIpc) is 3.70. The molecule has 2 aliphatic heterocycles. The molecule has 3 atom stereocenters. The van der Waals surface area contributed by atoms with Crippen molar-refractivity contribution >= 4 is 17.9 Å². The molecular weight excluding hydrogens is 560 g/mol. The van der Waals surface area contributed by atoms with Gasteiger partial charge in [-0.05, 0) is 120 Å². The first kappa shape index (κ1) is 43.0. The Kier molecular flexibility index (Phi) is 22.6. The van der Waals surface area contributed by atoms with E-state index < -0.39 is 0 Å². The third-order valence-electron chi connectivity index (χ3n) is 8.71. The molecule has 0 aromatic heterocycles. The van der Waals surface area contributed by atoms with E-state index in [4.69, 9.17) is 0 Å². The van der Waals surface area contributed by atoms with Crippen LogP contribution in [-0.4, -0.2) is 48.7 Å². The molecule has 46 heavy (non-hydrogen) atoms. The number of fused-ring (bicyclic) bond motifs is 1. The summed E-state index contributed by atoms with van der Waals surface area (Å²) in [6.45, 7) is 35.3. The first-order chi connectivity index (χ1) is 21.9. The molecule has 3 unspecified atom stereocenters. The lowest BCUT2D eigenvalue weighted by molar-refractivity contribution is 0.200. The number of nitrogens with zero attached hydrogens (tertiary/aromatic N) is 3. The Labute approximate surface area is 285 Å². The molecule has 2 aliphatic rings. The summed E-state index contributed by atoms with van der Waals surface area (Å²) in [5, 5.41) is 3.29. The Hall–Kier alpha value is -3.05. The maximum atomic E-state index is 4.37. The van der Waals surface area contributed by atoms with Crippen LogP contribution in [0.25, 0.3) is 11.6 Å². The van der Waals surface area contributed by atoms with E-state index in [0.29, 0.717) is 24.0 Å². The van der Waals surface area contributed by atoms with Crippen molar-refractivity contribution < 1.29 is 0 Å². The Morgan fingerprint density at radius 3 is 2.20 bits per heavy atom. The third-order valence-corrected chi connectivity index (χ3v) is 8.71. The van der Waals surface area contributed by atoms with Crippen molar-refractivity contribution in [3.05, 3.63) is 108 Å². The van der Waals surface area contributed by atoms with Crippen LogP contribution < -0.4 is 5.32 Å². The predicted molar refractivity (Wildman–Crippen MR) is 209 cm³/mol. The van der Waals surface area contributed by atoms with Gasteiger partial charge in [-0.2, -0.15) is 0 Å². The third kappa shape index (κ3) is 14.6. The predicted octanol–water partition coefficient (Wildman–Crippen LogP) is 11.0. The number of benzene rings is 2. The summed E-state index contributed by atoms with van der Waals surface area (Å²) < 4.78 is 0. The highest BCUT2D eigenvalue weighted by molar-refractivity contribution is 5.70. The minimum absolute atomic E-state index is 0.516. The zero-order chi connectivity index (χ0) is 35.2. The molecule has 4 rings (SSSR count). The summed E-state index contributed by atoms with van der Waals surface area (Å²) in [7, 11) is 4.37. The van der Waals surface area contributed by atoms with Crippen molar-refractivity contribution in [2.45, 2.75) is 113 Å². The van der Waals surface area contributed by atoms with Crippen molar-refractivity contribution in [3.8, 4) is 0 Å². The van der Waals surface area contributed by atoms with E-state index in [2.05, 4.69) is 138 Å². The van der Waals surface area contributed by atoms with E-state index in [9.17, 15) is 0 Å². The number of aliphatic imine (C=N–C) groups is 1. The summed E-state index contributed by atoms with van der Waals surface area (Å²) in [6.07, 6.45) is 10.1. The summed E-state index contributed by atoms with van der Waals surface area (Å²) in [4.78, 5) is 9.15. The van der Waals surface area contributed by atoms with E-state index in [1.807, 2.05) is 46.1 Å². The summed E-state index contributed by atoms with van der Waals surface area (Å²) in [5.74, 6) is 0.681. The van der Waals surface area contributed by atoms with Crippen LogP contribution in [0.5, 0.6) is 0 Å². The van der Waals surface area contributed by atoms with Crippen molar-refractivity contribution in [1.29, 1.82) is 0 Å². The van der Waals surface area contributed by atoms with Crippen LogP contribution in [0.15, 0.2) is 85.0 Å². The molecule has 0 bridgehead atoms. The molecule has 2 aromatic rings. The lowest BCUT2D eigenvalue weighted by Gasteiger charge is -2.28. The molecule has 0 amide bonds. The zero-order valence-electron chi connectivity index (χ0n) is 31.7. The molecular formula is C42H68N4. The molecule has 0 spiro atoms. The number of nitrogens with one attached hydrogen (secondary N) is 1. The second-order valence-electron chi connectivity index (χ2n) is 12.3. The van der Waals surface area contributed by atoms with Crippen LogP contribution in [0, 0.1) is 5.92 Å². The fraction of sp³-hybridized carbons (Fsp3) is 0.500. The van der Waals surface area contributed by atoms with Gasteiger partial charge >= 0.3 is 0 Å².